The van der Waals surface area contributed by atoms with Crippen molar-refractivity contribution in [3.63, 3.8) is 0 Å². The third-order valence-corrected chi connectivity index (χ3v) is 4.56. The molecule has 114 valence electrons. The highest BCUT2D eigenvalue weighted by Crippen LogP contribution is 2.40. The summed E-state index contributed by atoms with van der Waals surface area (Å²) in [6.45, 7) is 11.1. The summed E-state index contributed by atoms with van der Waals surface area (Å²) in [7, 11) is 3.30. The van der Waals surface area contributed by atoms with Crippen LogP contribution in [0.4, 0.5) is 0 Å². The second-order valence-electron chi connectivity index (χ2n) is 6.53. The van der Waals surface area contributed by atoms with E-state index in [1.165, 1.54) is 0 Å². The summed E-state index contributed by atoms with van der Waals surface area (Å²) in [4.78, 5) is 0. The molecule has 0 aliphatic heterocycles. The molecule has 0 saturated carbocycles. The predicted octanol–water partition coefficient (Wildman–Crippen LogP) is 5.36. The second kappa shape index (κ2) is 6.71. The molecule has 1 aromatic rings. The molecule has 1 aromatic carbocycles. The standard InChI is InChI=1S/C17H27ClO2/c1-11-8-15(19-6)16(20-7)10-13(11)14(18)9-12(2)17(3,4)5/h8,10,12,14H,9H2,1-7H3. The molecule has 3 heteroatoms. The summed E-state index contributed by atoms with van der Waals surface area (Å²) in [5.41, 5.74) is 2.53. The highest BCUT2D eigenvalue weighted by atomic mass is 35.5. The van der Waals surface area contributed by atoms with Crippen LogP contribution in [0, 0.1) is 18.3 Å². The monoisotopic (exact) mass is 298 g/mol. The van der Waals surface area contributed by atoms with Crippen LogP contribution in [0.1, 0.15) is 50.6 Å². The molecule has 0 spiro atoms. The van der Waals surface area contributed by atoms with Crippen molar-refractivity contribution in [3.05, 3.63) is 23.3 Å². The Labute approximate surface area is 128 Å². The Morgan fingerprint density at radius 2 is 1.60 bits per heavy atom. The Bertz CT molecular complexity index is 449. The lowest BCUT2D eigenvalue weighted by Crippen LogP contribution is -2.18. The van der Waals surface area contributed by atoms with Crippen LogP contribution in [-0.2, 0) is 0 Å². The first kappa shape index (κ1) is 17.2. The summed E-state index contributed by atoms with van der Waals surface area (Å²) < 4.78 is 10.7. The van der Waals surface area contributed by atoms with Crippen LogP contribution >= 0.6 is 11.6 Å². The lowest BCUT2D eigenvalue weighted by Gasteiger charge is -2.29. The highest BCUT2D eigenvalue weighted by Gasteiger charge is 2.25. The van der Waals surface area contributed by atoms with Gasteiger partial charge >= 0.3 is 0 Å². The maximum atomic E-state index is 6.64. The number of halogens is 1. The zero-order valence-electron chi connectivity index (χ0n) is 13.7. The van der Waals surface area contributed by atoms with Gasteiger partial charge in [0.05, 0.1) is 19.6 Å². The average molecular weight is 299 g/mol. The first-order valence-electron chi connectivity index (χ1n) is 7.07. The first-order chi connectivity index (χ1) is 9.20. The van der Waals surface area contributed by atoms with Gasteiger partial charge in [-0.1, -0.05) is 27.7 Å². The Kier molecular flexibility index (Phi) is 5.76. The van der Waals surface area contributed by atoms with Gasteiger partial charge in [0.2, 0.25) is 0 Å². The van der Waals surface area contributed by atoms with Crippen molar-refractivity contribution in [2.45, 2.75) is 46.4 Å². The number of hydrogen-bond acceptors (Lipinski definition) is 2. The maximum absolute atomic E-state index is 6.64. The van der Waals surface area contributed by atoms with E-state index in [4.69, 9.17) is 21.1 Å². The van der Waals surface area contributed by atoms with E-state index in [2.05, 4.69) is 34.6 Å². The molecule has 0 aliphatic carbocycles. The van der Waals surface area contributed by atoms with Gasteiger partial charge in [-0.15, -0.1) is 11.6 Å². The van der Waals surface area contributed by atoms with Crippen molar-refractivity contribution in [2.75, 3.05) is 14.2 Å². The zero-order chi connectivity index (χ0) is 15.5. The van der Waals surface area contributed by atoms with Gasteiger partial charge in [0, 0.05) is 0 Å². The molecule has 0 saturated heterocycles. The fraction of sp³-hybridized carbons (Fsp3) is 0.647. The molecule has 0 radical (unpaired) electrons. The van der Waals surface area contributed by atoms with Crippen LogP contribution < -0.4 is 9.47 Å². The van der Waals surface area contributed by atoms with Gasteiger partial charge in [-0.25, -0.2) is 0 Å². The van der Waals surface area contributed by atoms with Gasteiger partial charge < -0.3 is 9.47 Å². The van der Waals surface area contributed by atoms with Crippen molar-refractivity contribution in [1.29, 1.82) is 0 Å². The number of ether oxygens (including phenoxy) is 2. The van der Waals surface area contributed by atoms with Crippen molar-refractivity contribution < 1.29 is 9.47 Å². The largest absolute Gasteiger partial charge is 0.493 e. The van der Waals surface area contributed by atoms with Gasteiger partial charge in [0.1, 0.15) is 0 Å². The molecule has 0 bridgehead atoms. The van der Waals surface area contributed by atoms with Crippen LogP contribution in [0.3, 0.4) is 0 Å². The number of benzene rings is 1. The van der Waals surface area contributed by atoms with E-state index < -0.39 is 0 Å². The van der Waals surface area contributed by atoms with Crippen LogP contribution in [0.25, 0.3) is 0 Å². The molecule has 2 nitrogen and oxygen atoms in total. The van der Waals surface area contributed by atoms with E-state index in [-0.39, 0.29) is 10.8 Å². The molecule has 0 amide bonds. The minimum Gasteiger partial charge on any atom is -0.493 e. The molecule has 1 rings (SSSR count). The zero-order valence-corrected chi connectivity index (χ0v) is 14.5. The highest BCUT2D eigenvalue weighted by molar-refractivity contribution is 6.21. The molecule has 2 unspecified atom stereocenters. The second-order valence-corrected chi connectivity index (χ2v) is 7.06. The van der Waals surface area contributed by atoms with Gasteiger partial charge in [-0.3, -0.25) is 0 Å². The first-order valence-corrected chi connectivity index (χ1v) is 7.51. The van der Waals surface area contributed by atoms with Crippen LogP contribution in [-0.4, -0.2) is 14.2 Å². The molecule has 0 N–H and O–H groups in total. The molecule has 20 heavy (non-hydrogen) atoms. The molecule has 0 heterocycles. The van der Waals surface area contributed by atoms with Crippen LogP contribution in [0.5, 0.6) is 11.5 Å². The minimum absolute atomic E-state index is 0.0102. The van der Waals surface area contributed by atoms with Gasteiger partial charge in [-0.2, -0.15) is 0 Å². The maximum Gasteiger partial charge on any atom is 0.161 e. The van der Waals surface area contributed by atoms with Crippen LogP contribution in [0.15, 0.2) is 12.1 Å². The Balaban J connectivity index is 3.01. The summed E-state index contributed by atoms with van der Waals surface area (Å²) in [6.07, 6.45) is 0.946. The van der Waals surface area contributed by atoms with Crippen LogP contribution in [0.2, 0.25) is 0 Å². The molecule has 0 aromatic heterocycles. The summed E-state index contributed by atoms with van der Waals surface area (Å²) in [5, 5.41) is -0.0102. The fourth-order valence-electron chi connectivity index (χ4n) is 2.12. The molecular weight excluding hydrogens is 272 g/mol. The van der Waals surface area contributed by atoms with Crippen molar-refractivity contribution in [1.82, 2.24) is 0 Å². The Hall–Kier alpha value is -0.890. The minimum atomic E-state index is -0.0102. The summed E-state index contributed by atoms with van der Waals surface area (Å²) in [5.74, 6) is 2.03. The van der Waals surface area contributed by atoms with Crippen molar-refractivity contribution >= 4 is 11.6 Å². The third kappa shape index (κ3) is 4.05. The van der Waals surface area contributed by atoms with Crippen molar-refractivity contribution in [3.8, 4) is 11.5 Å². The molecule has 0 aliphatic rings. The lowest BCUT2D eigenvalue weighted by molar-refractivity contribution is 0.245. The number of hydrogen-bond donors (Lipinski definition) is 0. The number of alkyl halides is 1. The predicted molar refractivity (Wildman–Crippen MR) is 86.1 cm³/mol. The van der Waals surface area contributed by atoms with E-state index in [0.717, 1.165) is 29.0 Å². The average Bonchev–Trinajstić information content (AvgIpc) is 2.36. The van der Waals surface area contributed by atoms with E-state index in [1.54, 1.807) is 14.2 Å². The molecular formula is C17H27ClO2. The third-order valence-electron chi connectivity index (χ3n) is 4.15. The summed E-state index contributed by atoms with van der Waals surface area (Å²) >= 11 is 6.64. The number of aryl methyl sites for hydroxylation is 1. The molecule has 2 atom stereocenters. The van der Waals surface area contributed by atoms with E-state index in [1.807, 2.05) is 12.1 Å². The number of methoxy groups -OCH3 is 2. The van der Waals surface area contributed by atoms with Gasteiger partial charge in [-0.05, 0) is 47.9 Å². The smallest absolute Gasteiger partial charge is 0.161 e. The van der Waals surface area contributed by atoms with Gasteiger partial charge in [0.25, 0.3) is 0 Å². The van der Waals surface area contributed by atoms with E-state index in [9.17, 15) is 0 Å². The number of rotatable bonds is 5. The Morgan fingerprint density at radius 3 is 2.05 bits per heavy atom. The summed E-state index contributed by atoms with van der Waals surface area (Å²) in [6, 6.07) is 3.99. The topological polar surface area (TPSA) is 18.5 Å². The van der Waals surface area contributed by atoms with Crippen molar-refractivity contribution in [2.24, 2.45) is 11.3 Å². The Morgan fingerprint density at radius 1 is 1.10 bits per heavy atom. The lowest BCUT2D eigenvalue weighted by atomic mass is 9.78. The quantitative estimate of drug-likeness (QED) is 0.681. The fourth-order valence-corrected chi connectivity index (χ4v) is 2.63. The molecule has 0 fully saturated rings. The van der Waals surface area contributed by atoms with Gasteiger partial charge in [0.15, 0.2) is 11.5 Å². The van der Waals surface area contributed by atoms with E-state index >= 15 is 0 Å². The normalized spacial score (nSPS) is 14.8. The van der Waals surface area contributed by atoms with E-state index in [0.29, 0.717) is 5.92 Å². The SMILES string of the molecule is COc1cc(C)c(C(Cl)CC(C)C(C)(C)C)cc1OC.